The molecular weight excluding hydrogens is 233 g/mol. The number of rotatable bonds is 1. The highest BCUT2D eigenvalue weighted by molar-refractivity contribution is 9.10. The summed E-state index contributed by atoms with van der Waals surface area (Å²) in [4.78, 5) is 0. The molecule has 0 saturated carbocycles. The second kappa shape index (κ2) is 3.76. The summed E-state index contributed by atoms with van der Waals surface area (Å²) in [6, 6.07) is 4.93. The lowest BCUT2D eigenvalue weighted by Crippen LogP contribution is -2.08. The van der Waals surface area contributed by atoms with Gasteiger partial charge >= 0.3 is 0 Å². The summed E-state index contributed by atoms with van der Waals surface area (Å²) in [7, 11) is 0. The molecule has 3 heteroatoms. The van der Waals surface area contributed by atoms with Crippen LogP contribution in [0.15, 0.2) is 22.7 Å². The average Bonchev–Trinajstić information content (AvgIpc) is 2.56. The van der Waals surface area contributed by atoms with Gasteiger partial charge in [0.25, 0.3) is 0 Å². The molecule has 0 amide bonds. The summed E-state index contributed by atoms with van der Waals surface area (Å²) in [6.07, 6.45) is 1.14. The van der Waals surface area contributed by atoms with Crippen molar-refractivity contribution in [3.8, 4) is 0 Å². The minimum atomic E-state index is -0.179. The van der Waals surface area contributed by atoms with Crippen LogP contribution in [0.1, 0.15) is 17.9 Å². The third kappa shape index (κ3) is 1.92. The largest absolute Gasteiger partial charge is 0.316 e. The fraction of sp³-hybridized carbons (Fsp3) is 0.400. The van der Waals surface area contributed by atoms with E-state index < -0.39 is 0 Å². The highest BCUT2D eigenvalue weighted by atomic mass is 79.9. The third-order valence-electron chi connectivity index (χ3n) is 2.46. The lowest BCUT2D eigenvalue weighted by molar-refractivity contribution is 0.624. The summed E-state index contributed by atoms with van der Waals surface area (Å²) < 4.78 is 13.7. The first-order valence-electron chi connectivity index (χ1n) is 4.43. The molecule has 0 aliphatic carbocycles. The Morgan fingerprint density at radius 1 is 1.46 bits per heavy atom. The fourth-order valence-corrected chi connectivity index (χ4v) is 2.43. The normalized spacial score (nSPS) is 22.2. The molecule has 1 aromatic rings. The number of hydrogen-bond acceptors (Lipinski definition) is 1. The maximum Gasteiger partial charge on any atom is 0.124 e. The van der Waals surface area contributed by atoms with Crippen molar-refractivity contribution in [2.24, 2.45) is 0 Å². The quantitative estimate of drug-likeness (QED) is 0.800. The van der Waals surface area contributed by atoms with Gasteiger partial charge in [-0.2, -0.15) is 0 Å². The molecule has 70 valence electrons. The minimum absolute atomic E-state index is 0.179. The molecule has 1 atom stereocenters. The Morgan fingerprint density at radius 2 is 2.31 bits per heavy atom. The van der Waals surface area contributed by atoms with Crippen LogP contribution in [0, 0.1) is 5.82 Å². The maximum absolute atomic E-state index is 12.8. The molecule has 0 bridgehead atoms. The Labute approximate surface area is 85.5 Å². The van der Waals surface area contributed by atoms with Crippen molar-refractivity contribution < 1.29 is 4.39 Å². The summed E-state index contributed by atoms with van der Waals surface area (Å²) in [5.41, 5.74) is 1.21. The molecule has 1 fully saturated rings. The van der Waals surface area contributed by atoms with Gasteiger partial charge in [-0.3, -0.25) is 0 Å². The van der Waals surface area contributed by atoms with Gasteiger partial charge in [-0.25, -0.2) is 4.39 Å². The van der Waals surface area contributed by atoms with Crippen molar-refractivity contribution in [3.63, 3.8) is 0 Å². The second-order valence-corrected chi connectivity index (χ2v) is 4.21. The molecule has 1 unspecified atom stereocenters. The summed E-state index contributed by atoms with van der Waals surface area (Å²) >= 11 is 3.39. The standard InChI is InChI=1S/C10H11BrFN/c11-10-5-8(12)1-2-9(10)7-3-4-13-6-7/h1-2,5,7,13H,3-4,6H2. The molecule has 1 heterocycles. The third-order valence-corrected chi connectivity index (χ3v) is 3.15. The van der Waals surface area contributed by atoms with Crippen LogP contribution in [0.3, 0.4) is 0 Å². The smallest absolute Gasteiger partial charge is 0.124 e. The van der Waals surface area contributed by atoms with E-state index in [-0.39, 0.29) is 5.82 Å². The molecule has 1 saturated heterocycles. The van der Waals surface area contributed by atoms with Gasteiger partial charge in [-0.05, 0) is 36.6 Å². The Kier molecular flexibility index (Phi) is 2.65. The van der Waals surface area contributed by atoms with Crippen molar-refractivity contribution in [2.45, 2.75) is 12.3 Å². The molecule has 0 aromatic heterocycles. The topological polar surface area (TPSA) is 12.0 Å². The molecule has 1 aliphatic rings. The molecule has 1 N–H and O–H groups in total. The van der Waals surface area contributed by atoms with E-state index in [1.807, 2.05) is 6.07 Å². The number of nitrogens with one attached hydrogen (secondary N) is 1. The van der Waals surface area contributed by atoms with Crippen LogP contribution in [0.25, 0.3) is 0 Å². The molecule has 2 rings (SSSR count). The number of halogens is 2. The Balaban J connectivity index is 2.29. The van der Waals surface area contributed by atoms with Gasteiger partial charge in [0.15, 0.2) is 0 Å². The summed E-state index contributed by atoms with van der Waals surface area (Å²) in [5.74, 6) is 0.358. The molecule has 0 spiro atoms. The van der Waals surface area contributed by atoms with Crippen LogP contribution in [-0.4, -0.2) is 13.1 Å². The lowest BCUT2D eigenvalue weighted by atomic mass is 9.99. The zero-order valence-electron chi connectivity index (χ0n) is 7.19. The van der Waals surface area contributed by atoms with Crippen LogP contribution in [0.2, 0.25) is 0 Å². The van der Waals surface area contributed by atoms with E-state index in [4.69, 9.17) is 0 Å². The van der Waals surface area contributed by atoms with Crippen molar-refractivity contribution in [3.05, 3.63) is 34.1 Å². The SMILES string of the molecule is Fc1ccc(C2CCNC2)c(Br)c1. The van der Waals surface area contributed by atoms with Crippen LogP contribution in [-0.2, 0) is 0 Å². The van der Waals surface area contributed by atoms with Gasteiger partial charge in [0.1, 0.15) is 5.82 Å². The van der Waals surface area contributed by atoms with Crippen molar-refractivity contribution in [1.82, 2.24) is 5.32 Å². The molecule has 1 nitrogen and oxygen atoms in total. The Hall–Kier alpha value is -0.410. The van der Waals surface area contributed by atoms with Gasteiger partial charge in [-0.15, -0.1) is 0 Å². The van der Waals surface area contributed by atoms with Crippen molar-refractivity contribution >= 4 is 15.9 Å². The van der Waals surface area contributed by atoms with Crippen LogP contribution < -0.4 is 5.32 Å². The second-order valence-electron chi connectivity index (χ2n) is 3.36. The maximum atomic E-state index is 12.8. The zero-order valence-corrected chi connectivity index (χ0v) is 8.77. The van der Waals surface area contributed by atoms with Crippen molar-refractivity contribution in [2.75, 3.05) is 13.1 Å². The highest BCUT2D eigenvalue weighted by Crippen LogP contribution is 2.29. The summed E-state index contributed by atoms with van der Waals surface area (Å²) in [6.45, 7) is 2.07. The number of hydrogen-bond donors (Lipinski definition) is 1. The van der Waals surface area contributed by atoms with E-state index >= 15 is 0 Å². The molecule has 1 aliphatic heterocycles. The van der Waals surface area contributed by atoms with E-state index in [9.17, 15) is 4.39 Å². The van der Waals surface area contributed by atoms with E-state index in [2.05, 4.69) is 21.2 Å². The minimum Gasteiger partial charge on any atom is -0.316 e. The molecule has 1 aromatic carbocycles. The van der Waals surface area contributed by atoms with Crippen LogP contribution in [0.4, 0.5) is 4.39 Å². The predicted octanol–water partition coefficient (Wildman–Crippen LogP) is 2.67. The van der Waals surface area contributed by atoms with E-state index in [0.717, 1.165) is 24.0 Å². The Bertz CT molecular complexity index is 308. The summed E-state index contributed by atoms with van der Waals surface area (Å²) in [5, 5.41) is 3.30. The van der Waals surface area contributed by atoms with Gasteiger partial charge in [-0.1, -0.05) is 22.0 Å². The van der Waals surface area contributed by atoms with Gasteiger partial charge in [0.2, 0.25) is 0 Å². The first-order chi connectivity index (χ1) is 6.27. The molecule has 0 radical (unpaired) electrons. The van der Waals surface area contributed by atoms with Gasteiger partial charge in [0.05, 0.1) is 0 Å². The lowest BCUT2D eigenvalue weighted by Gasteiger charge is -2.10. The predicted molar refractivity (Wildman–Crippen MR) is 54.3 cm³/mol. The molecular formula is C10H11BrFN. The molecule has 13 heavy (non-hydrogen) atoms. The van der Waals surface area contributed by atoms with Crippen molar-refractivity contribution in [1.29, 1.82) is 0 Å². The number of benzene rings is 1. The van der Waals surface area contributed by atoms with E-state index in [1.165, 1.54) is 17.7 Å². The first kappa shape index (κ1) is 9.16. The fourth-order valence-electron chi connectivity index (χ4n) is 1.75. The van der Waals surface area contributed by atoms with E-state index in [0.29, 0.717) is 5.92 Å². The highest BCUT2D eigenvalue weighted by Gasteiger charge is 2.18. The zero-order chi connectivity index (χ0) is 9.26. The average molecular weight is 244 g/mol. The van der Waals surface area contributed by atoms with Crippen LogP contribution in [0.5, 0.6) is 0 Å². The van der Waals surface area contributed by atoms with Crippen LogP contribution >= 0.6 is 15.9 Å². The van der Waals surface area contributed by atoms with Gasteiger partial charge < -0.3 is 5.32 Å². The van der Waals surface area contributed by atoms with E-state index in [1.54, 1.807) is 0 Å². The van der Waals surface area contributed by atoms with Gasteiger partial charge in [0, 0.05) is 11.0 Å². The first-order valence-corrected chi connectivity index (χ1v) is 5.22. The monoisotopic (exact) mass is 243 g/mol. The Morgan fingerprint density at radius 3 is 2.92 bits per heavy atom.